The van der Waals surface area contributed by atoms with Crippen molar-refractivity contribution in [2.24, 2.45) is 0 Å². The molecule has 0 fully saturated rings. The first-order valence-electron chi connectivity index (χ1n) is 17.0. The molecule has 0 saturated heterocycles. The molecule has 220 valence electrons. The van der Waals surface area contributed by atoms with Crippen LogP contribution in [-0.4, -0.2) is 25.0 Å². The van der Waals surface area contributed by atoms with Crippen LogP contribution in [0.4, 0.5) is 0 Å². The zero-order valence-corrected chi connectivity index (χ0v) is 26.6. The van der Waals surface area contributed by atoms with Crippen LogP contribution in [0.5, 0.6) is 0 Å². The molecule has 0 rings (SSSR count). The van der Waals surface area contributed by atoms with Crippen molar-refractivity contribution >= 4 is 12.4 Å². The Morgan fingerprint density at radius 2 is 0.444 bits per heavy atom. The summed E-state index contributed by atoms with van der Waals surface area (Å²) in [6.07, 6.45) is 42.3. The van der Waals surface area contributed by atoms with Gasteiger partial charge in [-0.3, -0.25) is 0 Å². The minimum absolute atomic E-state index is 0. The van der Waals surface area contributed by atoms with E-state index in [1.807, 2.05) is 0 Å². The molecule has 0 radical (unpaired) electrons. The number of rotatable bonds is 31. The average molecular weight is 530 g/mol. The molecule has 0 saturated carbocycles. The molecule has 0 aromatic carbocycles. The summed E-state index contributed by atoms with van der Waals surface area (Å²) in [5.41, 5.74) is 0. The Morgan fingerprint density at radius 1 is 0.278 bits per heavy atom. The molecule has 0 unspecified atom stereocenters. The molecule has 0 atom stereocenters. The van der Waals surface area contributed by atoms with Gasteiger partial charge >= 0.3 is 0 Å². The molecule has 0 amide bonds. The van der Waals surface area contributed by atoms with E-state index in [9.17, 15) is 0 Å². The van der Waals surface area contributed by atoms with Gasteiger partial charge in [0.2, 0.25) is 0 Å². The first kappa shape index (κ1) is 38.4. The smallest absolute Gasteiger partial charge is 0.00218 e. The molecule has 0 bridgehead atoms. The fourth-order valence-corrected chi connectivity index (χ4v) is 5.44. The van der Waals surface area contributed by atoms with Crippen LogP contribution in [0.1, 0.15) is 200 Å². The maximum Gasteiger partial charge on any atom is -0.00218 e. The topological polar surface area (TPSA) is 3.24 Å². The van der Waals surface area contributed by atoms with Gasteiger partial charge < -0.3 is 4.90 Å². The Kier molecular flexibility index (Phi) is 37.6. The van der Waals surface area contributed by atoms with Gasteiger partial charge in [0, 0.05) is 0 Å². The van der Waals surface area contributed by atoms with E-state index in [4.69, 9.17) is 0 Å². The Morgan fingerprint density at radius 3 is 0.639 bits per heavy atom. The van der Waals surface area contributed by atoms with E-state index in [-0.39, 0.29) is 12.4 Å². The number of hydrogen-bond donors (Lipinski definition) is 0. The Labute approximate surface area is 237 Å². The number of unbranched alkanes of at least 4 members (excludes halogenated alkanes) is 27. The Bertz CT molecular complexity index is 359. The standard InChI is InChI=1S/C34H71N.ClH/c1-4-6-8-10-12-14-15-16-17-18-19-20-21-22-23-24-26-28-30-32-34-35(3)33-31-29-27-25-13-11-9-7-5-2;/h4-34H2,1-3H3;1H. The highest BCUT2D eigenvalue weighted by Gasteiger charge is 1.99. The molecule has 0 aliphatic carbocycles. The van der Waals surface area contributed by atoms with Crippen molar-refractivity contribution in [1.29, 1.82) is 0 Å². The molecule has 0 aliphatic heterocycles. The Balaban J connectivity index is 0. The first-order chi connectivity index (χ1) is 17.3. The number of halogens is 1. The third-order valence-corrected chi connectivity index (χ3v) is 8.04. The van der Waals surface area contributed by atoms with Crippen molar-refractivity contribution in [2.75, 3.05) is 20.1 Å². The van der Waals surface area contributed by atoms with E-state index in [0.29, 0.717) is 0 Å². The van der Waals surface area contributed by atoms with Crippen LogP contribution < -0.4 is 0 Å². The summed E-state index contributed by atoms with van der Waals surface area (Å²) in [4.78, 5) is 2.58. The lowest BCUT2D eigenvalue weighted by molar-refractivity contribution is 0.314. The fourth-order valence-electron chi connectivity index (χ4n) is 5.44. The van der Waals surface area contributed by atoms with Gasteiger partial charge in [-0.15, -0.1) is 12.4 Å². The maximum absolute atomic E-state index is 2.58. The van der Waals surface area contributed by atoms with Crippen LogP contribution in [0.25, 0.3) is 0 Å². The van der Waals surface area contributed by atoms with Crippen molar-refractivity contribution in [2.45, 2.75) is 200 Å². The van der Waals surface area contributed by atoms with E-state index < -0.39 is 0 Å². The summed E-state index contributed by atoms with van der Waals surface area (Å²) >= 11 is 0. The molecule has 0 heterocycles. The van der Waals surface area contributed by atoms with Gasteiger partial charge in [-0.2, -0.15) is 0 Å². The Hall–Kier alpha value is 0.250. The zero-order chi connectivity index (χ0) is 25.5. The zero-order valence-electron chi connectivity index (χ0n) is 25.8. The van der Waals surface area contributed by atoms with Crippen molar-refractivity contribution < 1.29 is 0 Å². The highest BCUT2D eigenvalue weighted by molar-refractivity contribution is 5.85. The van der Waals surface area contributed by atoms with Crippen molar-refractivity contribution in [1.82, 2.24) is 4.90 Å². The number of nitrogens with zero attached hydrogens (tertiary/aromatic N) is 1. The van der Waals surface area contributed by atoms with Crippen LogP contribution in [0.3, 0.4) is 0 Å². The second-order valence-electron chi connectivity index (χ2n) is 11.8. The predicted octanol–water partition coefficient (Wildman–Crippen LogP) is 12.7. The van der Waals surface area contributed by atoms with Crippen molar-refractivity contribution in [3.63, 3.8) is 0 Å². The predicted molar refractivity (Wildman–Crippen MR) is 170 cm³/mol. The third-order valence-electron chi connectivity index (χ3n) is 8.04. The summed E-state index contributed by atoms with van der Waals surface area (Å²) in [6.45, 7) is 7.24. The van der Waals surface area contributed by atoms with Crippen LogP contribution in [0.15, 0.2) is 0 Å². The van der Waals surface area contributed by atoms with Crippen molar-refractivity contribution in [3.05, 3.63) is 0 Å². The third kappa shape index (κ3) is 34.2. The quantitative estimate of drug-likeness (QED) is 0.0806. The summed E-state index contributed by atoms with van der Waals surface area (Å²) in [7, 11) is 2.33. The summed E-state index contributed by atoms with van der Waals surface area (Å²) in [5, 5.41) is 0. The fraction of sp³-hybridized carbons (Fsp3) is 1.00. The molecule has 0 N–H and O–H groups in total. The number of hydrogen-bond acceptors (Lipinski definition) is 1. The van der Waals surface area contributed by atoms with Gasteiger partial charge in [0.1, 0.15) is 0 Å². The van der Waals surface area contributed by atoms with E-state index in [1.165, 1.54) is 199 Å². The average Bonchev–Trinajstić information content (AvgIpc) is 2.86. The SMILES string of the molecule is CCCCCCCCCCCCCCCCCCCCCCN(C)CCCCCCCCCCC.Cl. The second kappa shape index (κ2) is 35.2. The largest absolute Gasteiger partial charge is 0.306 e. The lowest BCUT2D eigenvalue weighted by atomic mass is 10.0. The summed E-state index contributed by atoms with van der Waals surface area (Å²) in [6, 6.07) is 0. The van der Waals surface area contributed by atoms with Gasteiger partial charge in [-0.05, 0) is 33.0 Å². The van der Waals surface area contributed by atoms with Gasteiger partial charge in [0.25, 0.3) is 0 Å². The monoisotopic (exact) mass is 530 g/mol. The lowest BCUT2D eigenvalue weighted by Gasteiger charge is -2.16. The van der Waals surface area contributed by atoms with Crippen LogP contribution in [0.2, 0.25) is 0 Å². The normalized spacial score (nSPS) is 11.3. The lowest BCUT2D eigenvalue weighted by Crippen LogP contribution is -2.20. The summed E-state index contributed by atoms with van der Waals surface area (Å²) < 4.78 is 0. The molecule has 36 heavy (non-hydrogen) atoms. The molecule has 0 aromatic rings. The second-order valence-corrected chi connectivity index (χ2v) is 11.8. The molecule has 1 nitrogen and oxygen atoms in total. The molecule has 0 aliphatic rings. The van der Waals surface area contributed by atoms with Crippen LogP contribution in [-0.2, 0) is 0 Å². The van der Waals surface area contributed by atoms with Gasteiger partial charge in [-0.1, -0.05) is 187 Å². The van der Waals surface area contributed by atoms with Gasteiger partial charge in [0.15, 0.2) is 0 Å². The van der Waals surface area contributed by atoms with Crippen LogP contribution >= 0.6 is 12.4 Å². The van der Waals surface area contributed by atoms with E-state index in [1.54, 1.807) is 0 Å². The minimum atomic E-state index is 0. The van der Waals surface area contributed by atoms with Gasteiger partial charge in [0.05, 0.1) is 0 Å². The summed E-state index contributed by atoms with van der Waals surface area (Å²) in [5.74, 6) is 0. The van der Waals surface area contributed by atoms with Gasteiger partial charge in [-0.25, -0.2) is 0 Å². The minimum Gasteiger partial charge on any atom is -0.306 e. The molecule has 2 heteroatoms. The first-order valence-corrected chi connectivity index (χ1v) is 17.0. The highest BCUT2D eigenvalue weighted by atomic mass is 35.5. The molecular weight excluding hydrogens is 458 g/mol. The van der Waals surface area contributed by atoms with Crippen molar-refractivity contribution in [3.8, 4) is 0 Å². The molecular formula is C34H72ClN. The highest BCUT2D eigenvalue weighted by Crippen LogP contribution is 2.15. The van der Waals surface area contributed by atoms with E-state index in [2.05, 4.69) is 25.8 Å². The van der Waals surface area contributed by atoms with Crippen LogP contribution in [0, 0.1) is 0 Å². The maximum atomic E-state index is 2.58. The van der Waals surface area contributed by atoms with E-state index >= 15 is 0 Å². The van der Waals surface area contributed by atoms with E-state index in [0.717, 1.165) is 0 Å². The molecule has 0 aromatic heterocycles. The molecule has 0 spiro atoms.